The molecule has 0 radical (unpaired) electrons. The molecule has 0 saturated carbocycles. The summed E-state index contributed by atoms with van der Waals surface area (Å²) in [5.41, 5.74) is 10.8. The fraction of sp³-hybridized carbons (Fsp3) is 0.200. The van der Waals surface area contributed by atoms with Crippen LogP contribution in [0.1, 0.15) is 27.3 Å². The minimum atomic E-state index is -0.311. The Bertz CT molecular complexity index is 585. The molecule has 0 spiro atoms. The maximum atomic E-state index is 11.9. The zero-order chi connectivity index (χ0) is 14.4. The first-order valence-corrected chi connectivity index (χ1v) is 6.33. The second-order valence-corrected chi connectivity index (χ2v) is 4.35. The second-order valence-electron chi connectivity index (χ2n) is 4.35. The van der Waals surface area contributed by atoms with Gasteiger partial charge in [-0.3, -0.25) is 14.6 Å². The number of hydrogen-bond donors (Lipinski definition) is 2. The van der Waals surface area contributed by atoms with Crippen LogP contribution in [0.2, 0.25) is 0 Å². The SMILES string of the molecule is Cc1nc(CN)ccc1C(=O)NOCc1ccccc1. The summed E-state index contributed by atoms with van der Waals surface area (Å²) in [6, 6.07) is 13.0. The highest BCUT2D eigenvalue weighted by Gasteiger charge is 2.10. The molecule has 2 aromatic rings. The third-order valence-corrected chi connectivity index (χ3v) is 2.84. The number of carbonyl (C=O) groups excluding carboxylic acids is 1. The lowest BCUT2D eigenvalue weighted by molar-refractivity contribution is 0.0232. The smallest absolute Gasteiger partial charge is 0.276 e. The highest BCUT2D eigenvalue weighted by atomic mass is 16.6. The van der Waals surface area contributed by atoms with Crippen molar-refractivity contribution in [3.63, 3.8) is 0 Å². The van der Waals surface area contributed by atoms with Crippen LogP contribution in [-0.2, 0) is 18.0 Å². The average Bonchev–Trinajstić information content (AvgIpc) is 2.48. The zero-order valence-corrected chi connectivity index (χ0v) is 11.3. The van der Waals surface area contributed by atoms with Gasteiger partial charge in [0.25, 0.3) is 5.91 Å². The van der Waals surface area contributed by atoms with E-state index >= 15 is 0 Å². The van der Waals surface area contributed by atoms with Crippen LogP contribution in [0.25, 0.3) is 0 Å². The van der Waals surface area contributed by atoms with Gasteiger partial charge in [-0.25, -0.2) is 5.48 Å². The number of pyridine rings is 1. The summed E-state index contributed by atoms with van der Waals surface area (Å²) in [7, 11) is 0. The number of hydrogen-bond acceptors (Lipinski definition) is 4. The first kappa shape index (κ1) is 14.2. The van der Waals surface area contributed by atoms with Crippen molar-refractivity contribution < 1.29 is 9.63 Å². The highest BCUT2D eigenvalue weighted by Crippen LogP contribution is 2.07. The summed E-state index contributed by atoms with van der Waals surface area (Å²) in [5.74, 6) is -0.311. The van der Waals surface area contributed by atoms with Crippen LogP contribution >= 0.6 is 0 Å². The van der Waals surface area contributed by atoms with Gasteiger partial charge in [0.05, 0.1) is 23.6 Å². The van der Waals surface area contributed by atoms with Gasteiger partial charge in [-0.15, -0.1) is 0 Å². The van der Waals surface area contributed by atoms with Gasteiger partial charge in [0.2, 0.25) is 0 Å². The van der Waals surface area contributed by atoms with E-state index in [2.05, 4.69) is 10.5 Å². The van der Waals surface area contributed by atoms with Crippen LogP contribution in [0.5, 0.6) is 0 Å². The van der Waals surface area contributed by atoms with E-state index in [1.807, 2.05) is 30.3 Å². The normalized spacial score (nSPS) is 10.3. The van der Waals surface area contributed by atoms with Crippen molar-refractivity contribution in [3.8, 4) is 0 Å². The molecule has 0 unspecified atom stereocenters. The summed E-state index contributed by atoms with van der Waals surface area (Å²) in [4.78, 5) is 21.4. The molecule has 1 heterocycles. The van der Waals surface area contributed by atoms with E-state index in [-0.39, 0.29) is 5.91 Å². The fourth-order valence-electron chi connectivity index (χ4n) is 1.78. The van der Waals surface area contributed by atoms with Crippen molar-refractivity contribution in [2.24, 2.45) is 5.73 Å². The monoisotopic (exact) mass is 271 g/mol. The molecule has 20 heavy (non-hydrogen) atoms. The van der Waals surface area contributed by atoms with E-state index in [1.54, 1.807) is 19.1 Å². The topological polar surface area (TPSA) is 77.2 Å². The molecule has 2 rings (SSSR count). The number of carbonyl (C=O) groups is 1. The van der Waals surface area contributed by atoms with Crippen LogP contribution in [0.15, 0.2) is 42.5 Å². The van der Waals surface area contributed by atoms with Gasteiger partial charge in [-0.05, 0) is 24.6 Å². The summed E-state index contributed by atoms with van der Waals surface area (Å²) in [6.45, 7) is 2.44. The molecule has 1 aromatic carbocycles. The molecular weight excluding hydrogens is 254 g/mol. The van der Waals surface area contributed by atoms with Crippen LogP contribution in [0.3, 0.4) is 0 Å². The van der Waals surface area contributed by atoms with Crippen molar-refractivity contribution >= 4 is 5.91 Å². The largest absolute Gasteiger partial charge is 0.325 e. The van der Waals surface area contributed by atoms with Gasteiger partial charge in [0.15, 0.2) is 0 Å². The standard InChI is InChI=1S/C15H17N3O2/c1-11-14(8-7-13(9-16)17-11)15(19)18-20-10-12-5-3-2-4-6-12/h2-8H,9-10,16H2,1H3,(H,18,19). The molecule has 0 atom stereocenters. The predicted molar refractivity (Wildman–Crippen MR) is 75.6 cm³/mol. The second kappa shape index (κ2) is 6.79. The van der Waals surface area contributed by atoms with E-state index in [9.17, 15) is 4.79 Å². The summed E-state index contributed by atoms with van der Waals surface area (Å²) in [6.07, 6.45) is 0. The number of nitrogens with zero attached hydrogens (tertiary/aromatic N) is 1. The Labute approximate surface area is 117 Å². The van der Waals surface area contributed by atoms with Crippen molar-refractivity contribution in [2.75, 3.05) is 0 Å². The molecule has 0 fully saturated rings. The minimum Gasteiger partial charge on any atom is -0.325 e. The van der Waals surface area contributed by atoms with Crippen LogP contribution in [0.4, 0.5) is 0 Å². The van der Waals surface area contributed by atoms with E-state index in [0.717, 1.165) is 11.3 Å². The van der Waals surface area contributed by atoms with E-state index < -0.39 is 0 Å². The lowest BCUT2D eigenvalue weighted by Gasteiger charge is -2.08. The molecule has 5 nitrogen and oxygen atoms in total. The van der Waals surface area contributed by atoms with Gasteiger partial charge in [0, 0.05) is 6.54 Å². The molecule has 0 bridgehead atoms. The number of amides is 1. The third kappa shape index (κ3) is 3.63. The van der Waals surface area contributed by atoms with Crippen molar-refractivity contribution in [1.82, 2.24) is 10.5 Å². The summed E-state index contributed by atoms with van der Waals surface area (Å²) in [5, 5.41) is 0. The molecule has 0 aliphatic heterocycles. The molecule has 5 heteroatoms. The maximum absolute atomic E-state index is 11.9. The fourth-order valence-corrected chi connectivity index (χ4v) is 1.78. The molecule has 0 aliphatic rings. The minimum absolute atomic E-state index is 0.311. The van der Waals surface area contributed by atoms with Gasteiger partial charge in [-0.1, -0.05) is 30.3 Å². The van der Waals surface area contributed by atoms with Gasteiger partial charge >= 0.3 is 0 Å². The Morgan fingerprint density at radius 2 is 2.00 bits per heavy atom. The Morgan fingerprint density at radius 1 is 1.25 bits per heavy atom. The van der Waals surface area contributed by atoms with Gasteiger partial charge in [0.1, 0.15) is 0 Å². The van der Waals surface area contributed by atoms with Crippen LogP contribution in [-0.4, -0.2) is 10.9 Å². The molecule has 1 aromatic heterocycles. The summed E-state index contributed by atoms with van der Waals surface area (Å²) >= 11 is 0. The Balaban J connectivity index is 1.92. The first-order valence-electron chi connectivity index (χ1n) is 6.33. The number of benzene rings is 1. The predicted octanol–water partition coefficient (Wildman–Crippen LogP) is 1.71. The van der Waals surface area contributed by atoms with E-state index in [1.165, 1.54) is 0 Å². The average molecular weight is 271 g/mol. The molecule has 0 aliphatic carbocycles. The third-order valence-electron chi connectivity index (χ3n) is 2.84. The number of aromatic nitrogens is 1. The molecule has 104 valence electrons. The number of nitrogens with two attached hydrogens (primary N) is 1. The first-order chi connectivity index (χ1) is 9.70. The van der Waals surface area contributed by atoms with E-state index in [4.69, 9.17) is 10.6 Å². The number of nitrogens with one attached hydrogen (secondary N) is 1. The summed E-state index contributed by atoms with van der Waals surface area (Å²) < 4.78 is 0. The lowest BCUT2D eigenvalue weighted by Crippen LogP contribution is -2.24. The Hall–Kier alpha value is -2.24. The Morgan fingerprint density at radius 3 is 2.65 bits per heavy atom. The van der Waals surface area contributed by atoms with Crippen molar-refractivity contribution in [3.05, 3.63) is 65.0 Å². The lowest BCUT2D eigenvalue weighted by atomic mass is 10.2. The van der Waals surface area contributed by atoms with Crippen LogP contribution in [0, 0.1) is 6.92 Å². The van der Waals surface area contributed by atoms with Gasteiger partial charge < -0.3 is 5.73 Å². The zero-order valence-electron chi connectivity index (χ0n) is 11.3. The quantitative estimate of drug-likeness (QED) is 0.812. The van der Waals surface area contributed by atoms with E-state index in [0.29, 0.717) is 24.4 Å². The van der Waals surface area contributed by atoms with Crippen molar-refractivity contribution in [2.45, 2.75) is 20.1 Å². The Kier molecular flexibility index (Phi) is 4.81. The van der Waals surface area contributed by atoms with Gasteiger partial charge in [-0.2, -0.15) is 0 Å². The molecule has 1 amide bonds. The number of rotatable bonds is 5. The van der Waals surface area contributed by atoms with Crippen molar-refractivity contribution in [1.29, 1.82) is 0 Å². The molecule has 3 N–H and O–H groups in total. The highest BCUT2D eigenvalue weighted by molar-refractivity contribution is 5.94. The molecule has 0 saturated heterocycles. The van der Waals surface area contributed by atoms with Crippen LogP contribution < -0.4 is 11.2 Å². The molecular formula is C15H17N3O2. The number of aryl methyl sites for hydroxylation is 1. The maximum Gasteiger partial charge on any atom is 0.276 e. The number of hydroxylamine groups is 1.